The molecule has 0 aliphatic rings. The Bertz CT molecular complexity index is 630. The summed E-state index contributed by atoms with van der Waals surface area (Å²) in [5.74, 6) is 0.703. The van der Waals surface area contributed by atoms with Crippen molar-refractivity contribution in [2.75, 3.05) is 17.2 Å². The maximum Gasteiger partial charge on any atom is 0.277 e. The molecule has 0 saturated carbocycles. The summed E-state index contributed by atoms with van der Waals surface area (Å²) in [6, 6.07) is 8.76. The van der Waals surface area contributed by atoms with E-state index in [1.807, 2.05) is 26.0 Å². The van der Waals surface area contributed by atoms with E-state index in [2.05, 4.69) is 20.6 Å². The quantitative estimate of drug-likeness (QED) is 0.908. The molecule has 2 N–H and O–H groups in total. The molecule has 1 amide bonds. The van der Waals surface area contributed by atoms with Crippen molar-refractivity contribution in [3.8, 4) is 0 Å². The fraction of sp³-hybridized carbons (Fsp3) is 0.214. The third-order valence-electron chi connectivity index (χ3n) is 2.55. The Morgan fingerprint density at radius 3 is 2.70 bits per heavy atom. The molecule has 0 aliphatic carbocycles. The van der Waals surface area contributed by atoms with E-state index in [4.69, 9.17) is 11.6 Å². The molecule has 0 fully saturated rings. The van der Waals surface area contributed by atoms with Gasteiger partial charge in [-0.2, -0.15) is 0 Å². The zero-order valence-electron chi connectivity index (χ0n) is 11.3. The first kappa shape index (κ1) is 14.3. The fourth-order valence-electron chi connectivity index (χ4n) is 1.67. The van der Waals surface area contributed by atoms with Gasteiger partial charge in [-0.3, -0.25) is 4.79 Å². The van der Waals surface area contributed by atoms with Gasteiger partial charge in [0.1, 0.15) is 17.3 Å². The van der Waals surface area contributed by atoms with Crippen LogP contribution in [0.25, 0.3) is 0 Å². The number of halogens is 1. The monoisotopic (exact) mass is 290 g/mol. The number of hydrogen-bond donors (Lipinski definition) is 2. The van der Waals surface area contributed by atoms with Gasteiger partial charge in [0.2, 0.25) is 0 Å². The lowest BCUT2D eigenvalue weighted by molar-refractivity contribution is 0.102. The van der Waals surface area contributed by atoms with Gasteiger partial charge in [-0.05, 0) is 38.1 Å². The van der Waals surface area contributed by atoms with Crippen molar-refractivity contribution in [1.82, 2.24) is 9.97 Å². The normalized spacial score (nSPS) is 10.2. The molecule has 104 valence electrons. The van der Waals surface area contributed by atoms with Crippen LogP contribution in [0.1, 0.15) is 23.1 Å². The summed E-state index contributed by atoms with van der Waals surface area (Å²) in [7, 11) is 0. The third kappa shape index (κ3) is 3.45. The molecule has 2 aromatic heterocycles. The first-order chi connectivity index (χ1) is 9.60. The molecule has 0 bridgehead atoms. The zero-order chi connectivity index (χ0) is 14.5. The minimum atomic E-state index is -0.382. The number of aryl methyl sites for hydroxylation is 1. The number of aromatic nitrogens is 2. The number of carbonyl (C=O) groups excluding carboxylic acids is 1. The van der Waals surface area contributed by atoms with Gasteiger partial charge in [-0.1, -0.05) is 17.7 Å². The van der Waals surface area contributed by atoms with E-state index in [0.29, 0.717) is 16.7 Å². The molecular weight excluding hydrogens is 276 g/mol. The van der Waals surface area contributed by atoms with Crippen LogP contribution in [0.4, 0.5) is 11.6 Å². The standard InChI is InChI=1S/C14H15ClN4O/c1-3-16-11-8-7-10(15)13(18-11)14(20)19-12-6-4-5-9(2)17-12/h4-8H,3H2,1-2H3,(H,16,18)(H,17,19,20). The van der Waals surface area contributed by atoms with E-state index >= 15 is 0 Å². The molecule has 2 aromatic rings. The van der Waals surface area contributed by atoms with Crippen LogP contribution < -0.4 is 10.6 Å². The number of pyridine rings is 2. The summed E-state index contributed by atoms with van der Waals surface area (Å²) in [4.78, 5) is 20.6. The topological polar surface area (TPSA) is 66.9 Å². The lowest BCUT2D eigenvalue weighted by Gasteiger charge is -2.08. The van der Waals surface area contributed by atoms with E-state index in [0.717, 1.165) is 12.2 Å². The van der Waals surface area contributed by atoms with Gasteiger partial charge in [-0.15, -0.1) is 0 Å². The highest BCUT2D eigenvalue weighted by molar-refractivity contribution is 6.34. The van der Waals surface area contributed by atoms with Crippen molar-refractivity contribution < 1.29 is 4.79 Å². The van der Waals surface area contributed by atoms with Crippen LogP contribution in [0.2, 0.25) is 5.02 Å². The molecule has 20 heavy (non-hydrogen) atoms. The fourth-order valence-corrected chi connectivity index (χ4v) is 1.86. The molecule has 0 aliphatic heterocycles. The number of hydrogen-bond acceptors (Lipinski definition) is 4. The Morgan fingerprint density at radius 2 is 2.00 bits per heavy atom. The second-order valence-corrected chi connectivity index (χ2v) is 4.58. The highest BCUT2D eigenvalue weighted by Crippen LogP contribution is 2.18. The molecule has 0 saturated heterocycles. The van der Waals surface area contributed by atoms with Crippen molar-refractivity contribution in [3.63, 3.8) is 0 Å². The molecule has 0 aromatic carbocycles. The number of rotatable bonds is 4. The Kier molecular flexibility index (Phi) is 4.53. The van der Waals surface area contributed by atoms with Crippen molar-refractivity contribution in [2.45, 2.75) is 13.8 Å². The van der Waals surface area contributed by atoms with E-state index in [9.17, 15) is 4.79 Å². The number of nitrogens with one attached hydrogen (secondary N) is 2. The van der Waals surface area contributed by atoms with Crippen molar-refractivity contribution in [1.29, 1.82) is 0 Å². The molecule has 5 nitrogen and oxygen atoms in total. The van der Waals surface area contributed by atoms with Crippen LogP contribution in [-0.4, -0.2) is 22.4 Å². The zero-order valence-corrected chi connectivity index (χ0v) is 12.0. The molecule has 6 heteroatoms. The van der Waals surface area contributed by atoms with E-state index in [-0.39, 0.29) is 11.6 Å². The summed E-state index contributed by atoms with van der Waals surface area (Å²) < 4.78 is 0. The number of amides is 1. The summed E-state index contributed by atoms with van der Waals surface area (Å²) in [5.41, 5.74) is 0.997. The van der Waals surface area contributed by atoms with Gasteiger partial charge in [0, 0.05) is 12.2 Å². The van der Waals surface area contributed by atoms with Crippen LogP contribution in [0.15, 0.2) is 30.3 Å². The molecule has 2 heterocycles. The smallest absolute Gasteiger partial charge is 0.277 e. The Hall–Kier alpha value is -2.14. The van der Waals surface area contributed by atoms with Gasteiger partial charge >= 0.3 is 0 Å². The summed E-state index contributed by atoms with van der Waals surface area (Å²) in [6.07, 6.45) is 0. The number of carbonyl (C=O) groups is 1. The maximum atomic E-state index is 12.2. The second-order valence-electron chi connectivity index (χ2n) is 4.18. The first-order valence-corrected chi connectivity index (χ1v) is 6.63. The third-order valence-corrected chi connectivity index (χ3v) is 2.85. The molecule has 0 unspecified atom stereocenters. The van der Waals surface area contributed by atoms with Crippen LogP contribution in [0.5, 0.6) is 0 Å². The van der Waals surface area contributed by atoms with Crippen LogP contribution in [0.3, 0.4) is 0 Å². The lowest BCUT2D eigenvalue weighted by Crippen LogP contribution is -2.16. The van der Waals surface area contributed by atoms with Crippen LogP contribution in [-0.2, 0) is 0 Å². The largest absolute Gasteiger partial charge is 0.370 e. The lowest BCUT2D eigenvalue weighted by atomic mass is 10.3. The minimum Gasteiger partial charge on any atom is -0.370 e. The predicted octanol–water partition coefficient (Wildman–Crippen LogP) is 3.12. The Balaban J connectivity index is 2.22. The van der Waals surface area contributed by atoms with E-state index < -0.39 is 0 Å². The predicted molar refractivity (Wildman–Crippen MR) is 80.3 cm³/mol. The van der Waals surface area contributed by atoms with Crippen molar-refractivity contribution >= 4 is 29.1 Å². The summed E-state index contributed by atoms with van der Waals surface area (Å²) >= 11 is 6.02. The van der Waals surface area contributed by atoms with E-state index in [1.165, 1.54) is 0 Å². The van der Waals surface area contributed by atoms with Gasteiger partial charge in [-0.25, -0.2) is 9.97 Å². The maximum absolute atomic E-state index is 12.2. The van der Waals surface area contributed by atoms with Crippen molar-refractivity contribution in [3.05, 3.63) is 46.7 Å². The molecule has 0 radical (unpaired) electrons. The van der Waals surface area contributed by atoms with Gasteiger partial charge < -0.3 is 10.6 Å². The van der Waals surface area contributed by atoms with Crippen LogP contribution in [0, 0.1) is 6.92 Å². The van der Waals surface area contributed by atoms with Crippen molar-refractivity contribution in [2.24, 2.45) is 0 Å². The summed E-state index contributed by atoms with van der Waals surface area (Å²) in [5, 5.41) is 6.02. The van der Waals surface area contributed by atoms with E-state index in [1.54, 1.807) is 18.2 Å². The molecule has 0 spiro atoms. The Labute approximate surface area is 122 Å². The first-order valence-electron chi connectivity index (χ1n) is 6.25. The molecule has 0 atom stereocenters. The summed E-state index contributed by atoms with van der Waals surface area (Å²) in [6.45, 7) is 4.52. The van der Waals surface area contributed by atoms with Gasteiger partial charge in [0.15, 0.2) is 0 Å². The number of nitrogens with zero attached hydrogens (tertiary/aromatic N) is 2. The number of anilines is 2. The average Bonchev–Trinajstić information content (AvgIpc) is 2.41. The second kappa shape index (κ2) is 6.34. The minimum absolute atomic E-state index is 0.174. The molecular formula is C14H15ClN4O. The Morgan fingerprint density at radius 1 is 1.20 bits per heavy atom. The molecule has 2 rings (SSSR count). The average molecular weight is 291 g/mol. The van der Waals surface area contributed by atoms with Gasteiger partial charge in [0.25, 0.3) is 5.91 Å². The highest BCUT2D eigenvalue weighted by Gasteiger charge is 2.14. The van der Waals surface area contributed by atoms with Crippen LogP contribution >= 0.6 is 11.6 Å². The SMILES string of the molecule is CCNc1ccc(Cl)c(C(=O)Nc2cccc(C)n2)n1. The highest BCUT2D eigenvalue weighted by atomic mass is 35.5. The van der Waals surface area contributed by atoms with Gasteiger partial charge in [0.05, 0.1) is 5.02 Å².